The standard InChI is InChI=1S/C16H27N3O2/c1-4-12-5-7-16(21,8-6-12)10-17-13-9-14(20)19-15(18-13)11(2)3/h9,11-12,21H,4-8,10H2,1-3H3,(H2,17,18,19,20). The summed E-state index contributed by atoms with van der Waals surface area (Å²) in [5.74, 6) is 2.14. The lowest BCUT2D eigenvalue weighted by molar-refractivity contribution is 0.00222. The number of aromatic amines is 1. The van der Waals surface area contributed by atoms with Gasteiger partial charge in [0.25, 0.3) is 5.56 Å². The van der Waals surface area contributed by atoms with E-state index in [0.29, 0.717) is 18.2 Å². The van der Waals surface area contributed by atoms with Gasteiger partial charge >= 0.3 is 0 Å². The van der Waals surface area contributed by atoms with E-state index in [1.165, 1.54) is 12.5 Å². The van der Waals surface area contributed by atoms with Gasteiger partial charge in [-0.3, -0.25) is 4.79 Å². The molecular weight excluding hydrogens is 266 g/mol. The molecule has 1 saturated carbocycles. The average molecular weight is 293 g/mol. The van der Waals surface area contributed by atoms with E-state index in [9.17, 15) is 9.90 Å². The van der Waals surface area contributed by atoms with Gasteiger partial charge in [-0.15, -0.1) is 0 Å². The number of hydrogen-bond acceptors (Lipinski definition) is 4. The van der Waals surface area contributed by atoms with Crippen molar-refractivity contribution in [3.05, 3.63) is 22.2 Å². The summed E-state index contributed by atoms with van der Waals surface area (Å²) in [6.07, 6.45) is 4.98. The SMILES string of the molecule is CCC1CCC(O)(CNc2cc(=O)[nH]c(C(C)C)n2)CC1. The van der Waals surface area contributed by atoms with E-state index in [4.69, 9.17) is 0 Å². The molecular formula is C16H27N3O2. The van der Waals surface area contributed by atoms with Crippen molar-refractivity contribution >= 4 is 5.82 Å². The molecule has 118 valence electrons. The van der Waals surface area contributed by atoms with Gasteiger partial charge in [0.05, 0.1) is 5.60 Å². The summed E-state index contributed by atoms with van der Waals surface area (Å²) in [4.78, 5) is 18.8. The molecule has 5 heteroatoms. The normalized spacial score (nSPS) is 26.0. The van der Waals surface area contributed by atoms with Crippen molar-refractivity contribution in [3.63, 3.8) is 0 Å². The molecule has 1 aromatic heterocycles. The predicted octanol–water partition coefficient (Wildman–Crippen LogP) is 2.64. The number of aliphatic hydroxyl groups is 1. The van der Waals surface area contributed by atoms with E-state index in [0.717, 1.165) is 31.6 Å². The second-order valence-electron chi connectivity index (χ2n) is 6.60. The highest BCUT2D eigenvalue weighted by Gasteiger charge is 2.32. The Hall–Kier alpha value is -1.36. The summed E-state index contributed by atoms with van der Waals surface area (Å²) in [6, 6.07) is 1.45. The van der Waals surface area contributed by atoms with Crippen LogP contribution >= 0.6 is 0 Å². The van der Waals surface area contributed by atoms with E-state index in [1.807, 2.05) is 13.8 Å². The highest BCUT2D eigenvalue weighted by Crippen LogP contribution is 2.33. The Morgan fingerprint density at radius 1 is 1.48 bits per heavy atom. The average Bonchev–Trinajstić information content (AvgIpc) is 2.45. The molecule has 1 heterocycles. The summed E-state index contributed by atoms with van der Waals surface area (Å²) in [6.45, 7) is 6.64. The molecule has 21 heavy (non-hydrogen) atoms. The number of H-pyrrole nitrogens is 1. The third-order valence-electron chi connectivity index (χ3n) is 4.52. The molecule has 1 aliphatic rings. The zero-order valence-electron chi connectivity index (χ0n) is 13.3. The molecule has 1 fully saturated rings. The number of hydrogen-bond donors (Lipinski definition) is 3. The Labute approximate surface area is 126 Å². The van der Waals surface area contributed by atoms with Crippen molar-refractivity contribution in [2.75, 3.05) is 11.9 Å². The maximum absolute atomic E-state index is 11.6. The van der Waals surface area contributed by atoms with Crippen LogP contribution in [-0.4, -0.2) is 27.2 Å². The monoisotopic (exact) mass is 293 g/mol. The van der Waals surface area contributed by atoms with Gasteiger partial charge in [0, 0.05) is 18.5 Å². The van der Waals surface area contributed by atoms with Crippen LogP contribution in [0, 0.1) is 5.92 Å². The van der Waals surface area contributed by atoms with Crippen LogP contribution in [0.15, 0.2) is 10.9 Å². The van der Waals surface area contributed by atoms with E-state index in [1.54, 1.807) is 0 Å². The Morgan fingerprint density at radius 3 is 2.71 bits per heavy atom. The Morgan fingerprint density at radius 2 is 2.14 bits per heavy atom. The van der Waals surface area contributed by atoms with Crippen molar-refractivity contribution in [3.8, 4) is 0 Å². The molecule has 1 aromatic rings. The summed E-state index contributed by atoms with van der Waals surface area (Å²) in [7, 11) is 0. The van der Waals surface area contributed by atoms with Crippen molar-refractivity contribution in [1.82, 2.24) is 9.97 Å². The van der Waals surface area contributed by atoms with Crippen LogP contribution in [0.5, 0.6) is 0 Å². The zero-order valence-corrected chi connectivity index (χ0v) is 13.3. The number of nitrogens with one attached hydrogen (secondary N) is 2. The first-order valence-electron chi connectivity index (χ1n) is 7.99. The zero-order chi connectivity index (χ0) is 15.5. The van der Waals surface area contributed by atoms with Gasteiger partial charge < -0.3 is 15.4 Å². The van der Waals surface area contributed by atoms with Crippen LogP contribution in [0.1, 0.15) is 64.6 Å². The lowest BCUT2D eigenvalue weighted by Gasteiger charge is -2.36. The Balaban J connectivity index is 1.98. The summed E-state index contributed by atoms with van der Waals surface area (Å²) in [5.41, 5.74) is -0.827. The fourth-order valence-electron chi connectivity index (χ4n) is 2.90. The minimum atomic E-state index is -0.673. The number of nitrogens with zero attached hydrogens (tertiary/aromatic N) is 1. The fourth-order valence-corrected chi connectivity index (χ4v) is 2.90. The molecule has 5 nitrogen and oxygen atoms in total. The molecule has 0 saturated heterocycles. The minimum Gasteiger partial charge on any atom is -0.388 e. The molecule has 0 amide bonds. The highest BCUT2D eigenvalue weighted by molar-refractivity contribution is 5.34. The van der Waals surface area contributed by atoms with Crippen molar-refractivity contribution < 1.29 is 5.11 Å². The molecule has 0 aliphatic heterocycles. The van der Waals surface area contributed by atoms with E-state index in [2.05, 4.69) is 22.2 Å². The van der Waals surface area contributed by atoms with Crippen LogP contribution in [0.25, 0.3) is 0 Å². The Bertz CT molecular complexity index is 516. The molecule has 0 aromatic carbocycles. The van der Waals surface area contributed by atoms with E-state index >= 15 is 0 Å². The van der Waals surface area contributed by atoms with Gasteiger partial charge in [-0.05, 0) is 31.6 Å². The highest BCUT2D eigenvalue weighted by atomic mass is 16.3. The van der Waals surface area contributed by atoms with Crippen LogP contribution in [0.2, 0.25) is 0 Å². The van der Waals surface area contributed by atoms with E-state index in [-0.39, 0.29) is 11.5 Å². The second-order valence-corrected chi connectivity index (χ2v) is 6.60. The first-order chi connectivity index (χ1) is 9.92. The van der Waals surface area contributed by atoms with E-state index < -0.39 is 5.60 Å². The molecule has 0 unspecified atom stereocenters. The smallest absolute Gasteiger partial charge is 0.252 e. The third-order valence-corrected chi connectivity index (χ3v) is 4.52. The van der Waals surface area contributed by atoms with Crippen LogP contribution in [0.4, 0.5) is 5.82 Å². The lowest BCUT2D eigenvalue weighted by Crippen LogP contribution is -2.40. The van der Waals surface area contributed by atoms with Gasteiger partial charge in [-0.2, -0.15) is 0 Å². The minimum absolute atomic E-state index is 0.155. The maximum Gasteiger partial charge on any atom is 0.252 e. The molecule has 3 N–H and O–H groups in total. The fraction of sp³-hybridized carbons (Fsp3) is 0.750. The van der Waals surface area contributed by atoms with Crippen LogP contribution in [0.3, 0.4) is 0 Å². The summed E-state index contributed by atoms with van der Waals surface area (Å²) >= 11 is 0. The molecule has 0 bridgehead atoms. The number of rotatable bonds is 5. The van der Waals surface area contributed by atoms with Crippen molar-refractivity contribution in [2.45, 2.75) is 64.4 Å². The lowest BCUT2D eigenvalue weighted by atomic mass is 9.78. The van der Waals surface area contributed by atoms with Gasteiger partial charge in [-0.25, -0.2) is 4.98 Å². The van der Waals surface area contributed by atoms with Crippen molar-refractivity contribution in [2.24, 2.45) is 5.92 Å². The molecule has 0 spiro atoms. The largest absolute Gasteiger partial charge is 0.388 e. The molecule has 2 rings (SSSR count). The van der Waals surface area contributed by atoms with Crippen LogP contribution < -0.4 is 10.9 Å². The van der Waals surface area contributed by atoms with Gasteiger partial charge in [-0.1, -0.05) is 27.2 Å². The number of anilines is 1. The molecule has 0 radical (unpaired) electrons. The van der Waals surface area contributed by atoms with Crippen molar-refractivity contribution in [1.29, 1.82) is 0 Å². The molecule has 0 atom stereocenters. The number of aromatic nitrogens is 2. The topological polar surface area (TPSA) is 78.0 Å². The first-order valence-corrected chi connectivity index (χ1v) is 7.99. The second kappa shape index (κ2) is 6.60. The first kappa shape index (κ1) is 16.0. The summed E-state index contributed by atoms with van der Waals surface area (Å²) in [5, 5.41) is 13.8. The van der Waals surface area contributed by atoms with Gasteiger partial charge in [0.2, 0.25) is 0 Å². The quantitative estimate of drug-likeness (QED) is 0.780. The van der Waals surface area contributed by atoms with Gasteiger partial charge in [0.1, 0.15) is 11.6 Å². The third kappa shape index (κ3) is 4.30. The van der Waals surface area contributed by atoms with Crippen LogP contribution in [-0.2, 0) is 0 Å². The van der Waals surface area contributed by atoms with Gasteiger partial charge in [0.15, 0.2) is 0 Å². The Kier molecular flexibility index (Phi) is 5.04. The maximum atomic E-state index is 11.6. The summed E-state index contributed by atoms with van der Waals surface area (Å²) < 4.78 is 0. The molecule has 1 aliphatic carbocycles. The predicted molar refractivity (Wildman–Crippen MR) is 84.6 cm³/mol.